The molecule has 1 N–H and O–H groups in total. The monoisotopic (exact) mass is 324 g/mol. The van der Waals surface area contributed by atoms with Gasteiger partial charge in [0.05, 0.1) is 16.4 Å². The van der Waals surface area contributed by atoms with Crippen LogP contribution in [-0.4, -0.2) is 10.9 Å². The van der Waals surface area contributed by atoms with E-state index in [1.54, 1.807) is 30.5 Å². The van der Waals surface area contributed by atoms with Crippen LogP contribution in [0.3, 0.4) is 0 Å². The van der Waals surface area contributed by atoms with Crippen molar-refractivity contribution in [1.29, 1.82) is 0 Å². The maximum Gasteiger partial charge on any atom is 0.255 e. The SMILES string of the molecule is Cc1ncccc1NC(=O)c1ccc(Cl)c(Br)c1. The molecule has 0 saturated heterocycles. The summed E-state index contributed by atoms with van der Waals surface area (Å²) in [5.41, 5.74) is 2.02. The van der Waals surface area contributed by atoms with Crippen LogP contribution >= 0.6 is 27.5 Å². The lowest BCUT2D eigenvalue weighted by molar-refractivity contribution is 0.102. The molecule has 1 aromatic heterocycles. The van der Waals surface area contributed by atoms with Crippen LogP contribution in [-0.2, 0) is 0 Å². The molecule has 1 amide bonds. The van der Waals surface area contributed by atoms with Crippen molar-refractivity contribution in [1.82, 2.24) is 4.98 Å². The van der Waals surface area contributed by atoms with Gasteiger partial charge in [0, 0.05) is 16.2 Å². The molecule has 0 atom stereocenters. The highest BCUT2D eigenvalue weighted by Crippen LogP contribution is 2.23. The lowest BCUT2D eigenvalue weighted by Crippen LogP contribution is -2.13. The first-order valence-corrected chi connectivity index (χ1v) is 6.43. The van der Waals surface area contributed by atoms with Gasteiger partial charge in [0.15, 0.2) is 0 Å². The largest absolute Gasteiger partial charge is 0.320 e. The molecule has 1 heterocycles. The van der Waals surface area contributed by atoms with E-state index in [0.29, 0.717) is 20.7 Å². The zero-order valence-electron chi connectivity index (χ0n) is 9.58. The third kappa shape index (κ3) is 2.89. The van der Waals surface area contributed by atoms with E-state index in [-0.39, 0.29) is 5.91 Å². The molecular formula is C13H10BrClN2O. The minimum Gasteiger partial charge on any atom is -0.320 e. The fourth-order valence-electron chi connectivity index (χ4n) is 1.45. The fourth-order valence-corrected chi connectivity index (χ4v) is 1.94. The molecular weight excluding hydrogens is 316 g/mol. The molecule has 18 heavy (non-hydrogen) atoms. The van der Waals surface area contributed by atoms with Gasteiger partial charge in [-0.2, -0.15) is 0 Å². The first kappa shape index (κ1) is 13.1. The molecule has 92 valence electrons. The average Bonchev–Trinajstić information content (AvgIpc) is 2.35. The second kappa shape index (κ2) is 5.50. The van der Waals surface area contributed by atoms with Crippen LogP contribution in [0.1, 0.15) is 16.1 Å². The van der Waals surface area contributed by atoms with E-state index >= 15 is 0 Å². The van der Waals surface area contributed by atoms with Gasteiger partial charge in [0.25, 0.3) is 5.91 Å². The Bertz CT molecular complexity index is 601. The van der Waals surface area contributed by atoms with Gasteiger partial charge in [0.2, 0.25) is 0 Å². The van der Waals surface area contributed by atoms with Crippen LogP contribution in [0.15, 0.2) is 41.0 Å². The Morgan fingerprint density at radius 2 is 2.17 bits per heavy atom. The number of hydrogen-bond donors (Lipinski definition) is 1. The number of aryl methyl sites for hydroxylation is 1. The number of halogens is 2. The van der Waals surface area contributed by atoms with E-state index in [9.17, 15) is 4.79 Å². The van der Waals surface area contributed by atoms with Gasteiger partial charge in [-0.1, -0.05) is 11.6 Å². The molecule has 0 aliphatic rings. The molecule has 5 heteroatoms. The standard InChI is InChI=1S/C13H10BrClN2O/c1-8-12(3-2-6-16-8)17-13(18)9-4-5-11(15)10(14)7-9/h2-7H,1H3,(H,17,18). The third-order valence-corrected chi connectivity index (χ3v) is 3.65. The molecule has 1 aromatic carbocycles. The van der Waals surface area contributed by atoms with Crippen molar-refractivity contribution in [2.75, 3.05) is 5.32 Å². The lowest BCUT2D eigenvalue weighted by Gasteiger charge is -2.07. The first-order valence-electron chi connectivity index (χ1n) is 5.26. The van der Waals surface area contributed by atoms with Gasteiger partial charge >= 0.3 is 0 Å². The van der Waals surface area contributed by atoms with E-state index in [1.807, 2.05) is 13.0 Å². The molecule has 0 bridgehead atoms. The average molecular weight is 326 g/mol. The Balaban J connectivity index is 2.22. The summed E-state index contributed by atoms with van der Waals surface area (Å²) < 4.78 is 0.694. The van der Waals surface area contributed by atoms with Gasteiger partial charge in [-0.3, -0.25) is 9.78 Å². The maximum atomic E-state index is 12.0. The Labute approximate surface area is 118 Å². The van der Waals surface area contributed by atoms with E-state index in [2.05, 4.69) is 26.2 Å². The van der Waals surface area contributed by atoms with Crippen LogP contribution in [0.5, 0.6) is 0 Å². The van der Waals surface area contributed by atoms with E-state index in [4.69, 9.17) is 11.6 Å². The number of amides is 1. The van der Waals surface area contributed by atoms with E-state index in [1.165, 1.54) is 0 Å². The summed E-state index contributed by atoms with van der Waals surface area (Å²) in [5.74, 6) is -0.191. The van der Waals surface area contributed by atoms with Crippen molar-refractivity contribution in [3.8, 4) is 0 Å². The predicted octanol–water partition coefficient (Wildman–Crippen LogP) is 4.06. The number of aromatic nitrogens is 1. The fraction of sp³-hybridized carbons (Fsp3) is 0.0769. The van der Waals surface area contributed by atoms with Crippen molar-refractivity contribution in [3.05, 3.63) is 57.3 Å². The maximum absolute atomic E-state index is 12.0. The Hall–Kier alpha value is -1.39. The van der Waals surface area contributed by atoms with Crippen molar-refractivity contribution in [2.45, 2.75) is 6.92 Å². The van der Waals surface area contributed by atoms with Gasteiger partial charge in [0.1, 0.15) is 0 Å². The van der Waals surface area contributed by atoms with Crippen molar-refractivity contribution < 1.29 is 4.79 Å². The summed E-state index contributed by atoms with van der Waals surface area (Å²) in [7, 11) is 0. The zero-order valence-corrected chi connectivity index (χ0v) is 11.9. The molecule has 0 fully saturated rings. The van der Waals surface area contributed by atoms with Crippen molar-refractivity contribution in [2.24, 2.45) is 0 Å². The minimum absolute atomic E-state index is 0.191. The summed E-state index contributed by atoms with van der Waals surface area (Å²) in [6.45, 7) is 1.84. The molecule has 2 aromatic rings. The number of carbonyl (C=O) groups is 1. The molecule has 0 radical (unpaired) electrons. The Morgan fingerprint density at radius 3 is 2.83 bits per heavy atom. The summed E-state index contributed by atoms with van der Waals surface area (Å²) in [5, 5.41) is 3.38. The topological polar surface area (TPSA) is 42.0 Å². The van der Waals surface area contributed by atoms with Crippen LogP contribution < -0.4 is 5.32 Å². The van der Waals surface area contributed by atoms with Crippen LogP contribution in [0.25, 0.3) is 0 Å². The summed E-state index contributed by atoms with van der Waals surface area (Å²) >= 11 is 9.17. The Morgan fingerprint density at radius 1 is 1.39 bits per heavy atom. The van der Waals surface area contributed by atoms with Gasteiger partial charge in [-0.25, -0.2) is 0 Å². The number of nitrogens with zero attached hydrogens (tertiary/aromatic N) is 1. The van der Waals surface area contributed by atoms with Crippen LogP contribution in [0.2, 0.25) is 5.02 Å². The normalized spacial score (nSPS) is 10.2. The predicted molar refractivity (Wildman–Crippen MR) is 76.1 cm³/mol. The van der Waals surface area contributed by atoms with Gasteiger partial charge in [-0.05, 0) is 53.2 Å². The van der Waals surface area contributed by atoms with E-state index < -0.39 is 0 Å². The van der Waals surface area contributed by atoms with Crippen molar-refractivity contribution >= 4 is 39.1 Å². The molecule has 0 aliphatic heterocycles. The minimum atomic E-state index is -0.191. The third-order valence-electron chi connectivity index (χ3n) is 2.44. The van der Waals surface area contributed by atoms with Crippen molar-refractivity contribution in [3.63, 3.8) is 0 Å². The van der Waals surface area contributed by atoms with Crippen LogP contribution in [0.4, 0.5) is 5.69 Å². The number of hydrogen-bond acceptors (Lipinski definition) is 2. The quantitative estimate of drug-likeness (QED) is 0.905. The molecule has 0 aliphatic carbocycles. The second-order valence-electron chi connectivity index (χ2n) is 3.72. The first-order chi connectivity index (χ1) is 8.58. The smallest absolute Gasteiger partial charge is 0.255 e. The number of carbonyl (C=O) groups excluding carboxylic acids is 1. The highest BCUT2D eigenvalue weighted by atomic mass is 79.9. The Kier molecular flexibility index (Phi) is 3.99. The highest BCUT2D eigenvalue weighted by molar-refractivity contribution is 9.10. The number of pyridine rings is 1. The number of anilines is 1. The second-order valence-corrected chi connectivity index (χ2v) is 4.98. The number of rotatable bonds is 2. The summed E-state index contributed by atoms with van der Waals surface area (Å²) in [6, 6.07) is 8.62. The summed E-state index contributed by atoms with van der Waals surface area (Å²) in [4.78, 5) is 16.1. The molecule has 0 saturated carbocycles. The van der Waals surface area contributed by atoms with Crippen LogP contribution in [0, 0.1) is 6.92 Å². The lowest BCUT2D eigenvalue weighted by atomic mass is 10.2. The molecule has 3 nitrogen and oxygen atoms in total. The highest BCUT2D eigenvalue weighted by Gasteiger charge is 2.09. The number of nitrogens with one attached hydrogen (secondary N) is 1. The summed E-state index contributed by atoms with van der Waals surface area (Å²) in [6.07, 6.45) is 1.68. The van der Waals surface area contributed by atoms with Gasteiger partial charge in [-0.15, -0.1) is 0 Å². The molecule has 2 rings (SSSR count). The molecule has 0 unspecified atom stereocenters. The molecule has 0 spiro atoms. The zero-order chi connectivity index (χ0) is 13.1. The van der Waals surface area contributed by atoms with Gasteiger partial charge < -0.3 is 5.32 Å². The van der Waals surface area contributed by atoms with E-state index in [0.717, 1.165) is 5.69 Å². The number of benzene rings is 1.